The number of aliphatic carboxylic acids is 1. The molecule has 266 valence electrons. The third-order valence-electron chi connectivity index (χ3n) is 9.35. The largest absolute Gasteiger partial charge is 0.491 e. The number of carboxylic acid groups (broad SMARTS) is 1. The number of nitrogens with two attached hydrogens (primary N) is 1. The molecule has 4 aromatic rings. The number of anilines is 2. The summed E-state index contributed by atoms with van der Waals surface area (Å²) in [5.41, 5.74) is 7.11. The lowest BCUT2D eigenvalue weighted by Crippen LogP contribution is -2.41. The first-order valence-corrected chi connectivity index (χ1v) is 16.5. The third-order valence-corrected chi connectivity index (χ3v) is 9.35. The van der Waals surface area contributed by atoms with Crippen LogP contribution in [0.1, 0.15) is 56.4 Å². The van der Waals surface area contributed by atoms with Gasteiger partial charge in [-0.3, -0.25) is 4.79 Å². The van der Waals surface area contributed by atoms with Crippen molar-refractivity contribution in [3.8, 4) is 28.4 Å². The predicted octanol–water partition coefficient (Wildman–Crippen LogP) is 6.25. The smallest absolute Gasteiger partial charge is 0.429 e. The van der Waals surface area contributed by atoms with E-state index in [1.54, 1.807) is 25.3 Å². The molecular weight excluding hydrogens is 658 g/mol. The highest BCUT2D eigenvalue weighted by Gasteiger charge is 2.46. The van der Waals surface area contributed by atoms with Crippen molar-refractivity contribution in [1.29, 1.82) is 0 Å². The molecule has 2 aromatic carbocycles. The fourth-order valence-electron chi connectivity index (χ4n) is 6.58. The number of carbonyl (C=O) groups is 1. The number of halogens is 4. The summed E-state index contributed by atoms with van der Waals surface area (Å²) < 4.78 is 72.1. The van der Waals surface area contributed by atoms with Crippen LogP contribution in [0.3, 0.4) is 0 Å². The first kappa shape index (κ1) is 34.9. The summed E-state index contributed by atoms with van der Waals surface area (Å²) in [5, 5.41) is 16.8. The molecule has 2 unspecified atom stereocenters. The van der Waals surface area contributed by atoms with E-state index in [1.807, 2.05) is 11.8 Å². The first-order valence-electron chi connectivity index (χ1n) is 16.5. The fourth-order valence-corrected chi connectivity index (χ4v) is 6.58. The number of hydrogen-bond acceptors (Lipinski definition) is 9. The van der Waals surface area contributed by atoms with Crippen molar-refractivity contribution in [1.82, 2.24) is 25.1 Å². The van der Waals surface area contributed by atoms with Gasteiger partial charge in [0.05, 0.1) is 18.0 Å². The lowest BCUT2D eigenvalue weighted by Gasteiger charge is -2.39. The second kappa shape index (κ2) is 14.1. The van der Waals surface area contributed by atoms with Crippen molar-refractivity contribution in [2.45, 2.75) is 64.3 Å². The van der Waals surface area contributed by atoms with Gasteiger partial charge < -0.3 is 30.5 Å². The Morgan fingerprint density at radius 2 is 1.86 bits per heavy atom. The second-order valence-electron chi connectivity index (χ2n) is 12.9. The summed E-state index contributed by atoms with van der Waals surface area (Å²) in [4.78, 5) is 21.6. The van der Waals surface area contributed by atoms with Crippen LogP contribution in [0.4, 0.5) is 29.3 Å². The molecule has 0 amide bonds. The topological polar surface area (TPSA) is 141 Å². The number of nitrogen functional groups attached to an aromatic ring is 1. The zero-order chi connectivity index (χ0) is 35.6. The SMILES string of the molecule is CCCCOc1ccc(-c2ccc(C(Oc3cc(N4CCC5(CC4)CNC(C(=O)O)C5)nc(N)n3)C(F)(F)F)c(-n3ccc(C)n3)c2)cc1F. The van der Waals surface area contributed by atoms with E-state index >= 15 is 0 Å². The zero-order valence-electron chi connectivity index (χ0n) is 27.7. The van der Waals surface area contributed by atoms with Crippen molar-refractivity contribution in [3.63, 3.8) is 0 Å². The Balaban J connectivity index is 1.29. The van der Waals surface area contributed by atoms with E-state index in [2.05, 4.69) is 20.4 Å². The van der Waals surface area contributed by atoms with Crippen LogP contribution in [0, 0.1) is 18.2 Å². The van der Waals surface area contributed by atoms with E-state index in [0.29, 0.717) is 68.1 Å². The molecule has 6 rings (SSSR count). The molecule has 0 aliphatic carbocycles. The average Bonchev–Trinajstić information content (AvgIpc) is 3.70. The van der Waals surface area contributed by atoms with Crippen LogP contribution in [-0.2, 0) is 4.79 Å². The van der Waals surface area contributed by atoms with Gasteiger partial charge in [0.15, 0.2) is 11.6 Å². The zero-order valence-corrected chi connectivity index (χ0v) is 27.7. The monoisotopic (exact) mass is 697 g/mol. The van der Waals surface area contributed by atoms with Gasteiger partial charge in [-0.2, -0.15) is 28.2 Å². The average molecular weight is 698 g/mol. The van der Waals surface area contributed by atoms with Gasteiger partial charge in [0.2, 0.25) is 17.9 Å². The number of nitrogens with one attached hydrogen (secondary N) is 1. The molecule has 1 spiro atoms. The van der Waals surface area contributed by atoms with Crippen LogP contribution >= 0.6 is 0 Å². The maximum absolute atomic E-state index is 15.0. The van der Waals surface area contributed by atoms with Crippen LogP contribution in [0.25, 0.3) is 16.8 Å². The molecule has 0 radical (unpaired) electrons. The Morgan fingerprint density at radius 1 is 1.12 bits per heavy atom. The predicted molar refractivity (Wildman–Crippen MR) is 178 cm³/mol. The third kappa shape index (κ3) is 7.62. The Morgan fingerprint density at radius 3 is 2.50 bits per heavy atom. The normalized spacial score (nSPS) is 18.0. The van der Waals surface area contributed by atoms with Gasteiger partial charge in [-0.15, -0.1) is 0 Å². The lowest BCUT2D eigenvalue weighted by molar-refractivity contribution is -0.198. The van der Waals surface area contributed by atoms with Gasteiger partial charge in [0.1, 0.15) is 11.9 Å². The molecule has 11 nitrogen and oxygen atoms in total. The van der Waals surface area contributed by atoms with Crippen molar-refractivity contribution >= 4 is 17.7 Å². The van der Waals surface area contributed by atoms with E-state index in [0.717, 1.165) is 12.8 Å². The summed E-state index contributed by atoms with van der Waals surface area (Å²) in [5.74, 6) is -1.68. The Kier molecular flexibility index (Phi) is 9.87. The minimum absolute atomic E-state index is 0.0787. The van der Waals surface area contributed by atoms with Crippen molar-refractivity contribution < 1.29 is 36.9 Å². The molecule has 0 saturated carbocycles. The molecule has 50 heavy (non-hydrogen) atoms. The quantitative estimate of drug-likeness (QED) is 0.122. The number of ether oxygens (including phenoxy) is 2. The highest BCUT2D eigenvalue weighted by Crippen LogP contribution is 2.43. The van der Waals surface area contributed by atoms with E-state index in [-0.39, 0.29) is 34.2 Å². The van der Waals surface area contributed by atoms with Crippen molar-refractivity contribution in [2.75, 3.05) is 36.9 Å². The number of piperidine rings is 1. The standard InChI is InChI=1S/C35H39F4N7O4/c1-3-4-15-49-28-8-6-22(16-25(28)36)23-5-7-24(27(17-23)46-12-9-21(2)44-46)31(35(37,38)39)50-30-18-29(42-33(40)43-30)45-13-10-34(11-14-45)19-26(32(47)48)41-20-34/h5-9,12,16-18,26,31,41H,3-4,10-11,13-15,19-20H2,1-2H3,(H,47,48)(H2,40,42,43). The summed E-state index contributed by atoms with van der Waals surface area (Å²) >= 11 is 0. The van der Waals surface area contributed by atoms with Crippen LogP contribution in [0.15, 0.2) is 54.7 Å². The molecule has 0 bridgehead atoms. The van der Waals surface area contributed by atoms with Crippen molar-refractivity contribution in [3.05, 3.63) is 71.8 Å². The highest BCUT2D eigenvalue weighted by molar-refractivity contribution is 5.74. The minimum Gasteiger partial charge on any atom is -0.491 e. The molecular formula is C35H39F4N7O4. The van der Waals surface area contributed by atoms with Gasteiger partial charge in [-0.25, -0.2) is 9.07 Å². The van der Waals surface area contributed by atoms with Gasteiger partial charge in [0.25, 0.3) is 0 Å². The highest BCUT2D eigenvalue weighted by atomic mass is 19.4. The van der Waals surface area contributed by atoms with Crippen molar-refractivity contribution in [2.24, 2.45) is 5.41 Å². The Bertz CT molecular complexity index is 1840. The van der Waals surface area contributed by atoms with E-state index in [4.69, 9.17) is 15.2 Å². The molecule has 2 fully saturated rings. The molecule has 15 heteroatoms. The number of aryl methyl sites for hydroxylation is 1. The molecule has 4 heterocycles. The van der Waals surface area contributed by atoms with E-state index < -0.39 is 30.1 Å². The minimum atomic E-state index is -4.89. The van der Waals surface area contributed by atoms with E-state index in [9.17, 15) is 27.5 Å². The second-order valence-corrected chi connectivity index (χ2v) is 12.9. The molecule has 2 saturated heterocycles. The summed E-state index contributed by atoms with van der Waals surface area (Å²) in [6, 6.07) is 11.1. The number of carboxylic acids is 1. The maximum atomic E-state index is 15.0. The first-order chi connectivity index (χ1) is 23.8. The van der Waals surface area contributed by atoms with Crippen LogP contribution in [0.5, 0.6) is 11.6 Å². The van der Waals surface area contributed by atoms with Gasteiger partial charge >= 0.3 is 12.1 Å². The molecule has 2 aliphatic rings. The molecule has 2 aliphatic heterocycles. The lowest BCUT2D eigenvalue weighted by atomic mass is 9.76. The van der Waals surface area contributed by atoms with Gasteiger partial charge in [-0.05, 0) is 73.4 Å². The number of nitrogens with zero attached hydrogens (tertiary/aromatic N) is 5. The fraction of sp³-hybridized carbons (Fsp3) is 0.429. The Labute approximate surface area is 286 Å². The molecule has 4 N–H and O–H groups in total. The number of unbranched alkanes of at least 4 members (excludes halogenated alkanes) is 1. The van der Waals surface area contributed by atoms with Crippen LogP contribution in [0.2, 0.25) is 0 Å². The maximum Gasteiger partial charge on any atom is 0.429 e. The summed E-state index contributed by atoms with van der Waals surface area (Å²) in [6.07, 6.45) is -2.31. The van der Waals surface area contributed by atoms with Crippen LogP contribution in [-0.4, -0.2) is 69.3 Å². The van der Waals surface area contributed by atoms with Gasteiger partial charge in [0, 0.05) is 37.5 Å². The number of alkyl halides is 3. The van der Waals surface area contributed by atoms with Crippen LogP contribution < -0.4 is 25.4 Å². The summed E-state index contributed by atoms with van der Waals surface area (Å²) in [6.45, 7) is 5.67. The van der Waals surface area contributed by atoms with Gasteiger partial charge in [-0.1, -0.05) is 31.5 Å². The number of aromatic nitrogens is 4. The van der Waals surface area contributed by atoms with E-state index in [1.165, 1.54) is 41.1 Å². The molecule has 2 atom stereocenters. The Hall–Kier alpha value is -4.92. The molecule has 2 aromatic heterocycles. The number of hydrogen-bond donors (Lipinski definition) is 3. The number of benzene rings is 2. The number of rotatable bonds is 11. The summed E-state index contributed by atoms with van der Waals surface area (Å²) in [7, 11) is 0.